The molecule has 88 valence electrons. The Hall–Kier alpha value is -0.500. The van der Waals surface area contributed by atoms with Crippen LogP contribution in [-0.4, -0.2) is 15.7 Å². The number of aromatic nitrogens is 2. The van der Waals surface area contributed by atoms with E-state index in [1.165, 1.54) is 24.1 Å². The molecule has 3 heteroatoms. The van der Waals surface area contributed by atoms with Crippen molar-refractivity contribution in [3.63, 3.8) is 0 Å². The smallest absolute Gasteiger partial charge is 0.0724 e. The van der Waals surface area contributed by atoms with Crippen molar-refractivity contribution >= 4 is 11.6 Å². The maximum absolute atomic E-state index is 5.78. The van der Waals surface area contributed by atoms with Gasteiger partial charge in [0.05, 0.1) is 12.2 Å². The van der Waals surface area contributed by atoms with Gasteiger partial charge in [0, 0.05) is 17.5 Å². The predicted molar refractivity (Wildman–Crippen MR) is 66.1 cm³/mol. The third-order valence-electron chi connectivity index (χ3n) is 5.23. The molecule has 2 aliphatic carbocycles. The Balaban J connectivity index is 2.10. The van der Waals surface area contributed by atoms with Crippen LogP contribution in [0.15, 0.2) is 6.20 Å². The summed E-state index contributed by atoms with van der Waals surface area (Å²) in [4.78, 5) is 0. The van der Waals surface area contributed by atoms with Gasteiger partial charge in [0.2, 0.25) is 0 Å². The fourth-order valence-electron chi connectivity index (χ4n) is 3.79. The van der Waals surface area contributed by atoms with E-state index >= 15 is 0 Å². The minimum Gasteiger partial charge on any atom is -0.271 e. The van der Waals surface area contributed by atoms with Gasteiger partial charge < -0.3 is 0 Å². The monoisotopic (exact) mass is 238 g/mol. The summed E-state index contributed by atoms with van der Waals surface area (Å²) in [6, 6.07) is 0. The minimum absolute atomic E-state index is 0.282. The van der Waals surface area contributed by atoms with Gasteiger partial charge in [0.1, 0.15) is 0 Å². The van der Waals surface area contributed by atoms with E-state index in [2.05, 4.69) is 27.0 Å². The van der Waals surface area contributed by atoms with Crippen molar-refractivity contribution in [2.75, 3.05) is 5.88 Å². The van der Waals surface area contributed by atoms with Crippen LogP contribution < -0.4 is 0 Å². The van der Waals surface area contributed by atoms with Gasteiger partial charge in [-0.1, -0.05) is 20.8 Å². The molecule has 0 unspecified atom stereocenters. The summed E-state index contributed by atoms with van der Waals surface area (Å²) in [5.74, 6) is 1.35. The highest BCUT2D eigenvalue weighted by Gasteiger charge is 2.61. The van der Waals surface area contributed by atoms with E-state index in [0.29, 0.717) is 17.2 Å². The molecule has 0 aromatic carbocycles. The molecule has 0 amide bonds. The van der Waals surface area contributed by atoms with Crippen LogP contribution >= 0.6 is 11.6 Å². The number of halogens is 1. The van der Waals surface area contributed by atoms with Crippen LogP contribution in [0.5, 0.6) is 0 Å². The molecule has 2 atom stereocenters. The largest absolute Gasteiger partial charge is 0.271 e. The van der Waals surface area contributed by atoms with Crippen molar-refractivity contribution in [1.82, 2.24) is 9.78 Å². The van der Waals surface area contributed by atoms with Crippen LogP contribution in [0.25, 0.3) is 0 Å². The van der Waals surface area contributed by atoms with Crippen molar-refractivity contribution < 1.29 is 0 Å². The average molecular weight is 239 g/mol. The molecule has 3 rings (SSSR count). The van der Waals surface area contributed by atoms with Crippen LogP contribution in [0.4, 0.5) is 0 Å². The molecule has 1 heterocycles. The molecule has 2 nitrogen and oxygen atoms in total. The van der Waals surface area contributed by atoms with Crippen LogP contribution in [0, 0.1) is 5.41 Å². The van der Waals surface area contributed by atoms with Crippen LogP contribution in [-0.2, 0) is 12.0 Å². The second-order valence-electron chi connectivity index (χ2n) is 6.03. The highest BCUT2D eigenvalue weighted by molar-refractivity contribution is 6.17. The summed E-state index contributed by atoms with van der Waals surface area (Å²) < 4.78 is 2.03. The average Bonchev–Trinajstić information content (AvgIpc) is 2.75. The van der Waals surface area contributed by atoms with Gasteiger partial charge in [0.25, 0.3) is 0 Å². The molecule has 0 saturated heterocycles. The van der Waals surface area contributed by atoms with E-state index in [0.717, 1.165) is 6.54 Å². The number of nitrogens with zero attached hydrogens (tertiary/aromatic N) is 2. The second-order valence-corrected chi connectivity index (χ2v) is 6.41. The molecule has 1 aromatic rings. The Morgan fingerprint density at radius 1 is 1.50 bits per heavy atom. The van der Waals surface area contributed by atoms with E-state index < -0.39 is 0 Å². The Bertz CT molecular complexity index is 435. The van der Waals surface area contributed by atoms with E-state index in [1.54, 1.807) is 0 Å². The Morgan fingerprint density at radius 2 is 2.25 bits per heavy atom. The normalized spacial score (nSPS) is 34.4. The number of rotatable bonds is 2. The number of aryl methyl sites for hydroxylation is 1. The molecule has 1 saturated carbocycles. The van der Waals surface area contributed by atoms with Gasteiger partial charge in [0.15, 0.2) is 0 Å². The number of fused-ring (bicyclic) bond motifs is 5. The first kappa shape index (κ1) is 10.6. The summed E-state index contributed by atoms with van der Waals surface area (Å²) in [5, 5.41) is 4.76. The highest BCUT2D eigenvalue weighted by Crippen LogP contribution is 2.67. The predicted octanol–water partition coefficient (Wildman–Crippen LogP) is 3.30. The van der Waals surface area contributed by atoms with E-state index in [4.69, 9.17) is 16.7 Å². The van der Waals surface area contributed by atoms with E-state index in [9.17, 15) is 0 Å². The van der Waals surface area contributed by atoms with Crippen LogP contribution in [0.3, 0.4) is 0 Å². The zero-order valence-electron chi connectivity index (χ0n) is 10.3. The van der Waals surface area contributed by atoms with E-state index in [-0.39, 0.29) is 5.41 Å². The molecule has 0 aliphatic heterocycles. The maximum Gasteiger partial charge on any atom is 0.0724 e. The van der Waals surface area contributed by atoms with Crippen molar-refractivity contribution in [1.29, 1.82) is 0 Å². The Labute approximate surface area is 102 Å². The van der Waals surface area contributed by atoms with Crippen molar-refractivity contribution in [3.05, 3.63) is 17.5 Å². The minimum atomic E-state index is 0.282. The van der Waals surface area contributed by atoms with Crippen molar-refractivity contribution in [3.8, 4) is 0 Å². The first-order chi connectivity index (χ1) is 7.50. The van der Waals surface area contributed by atoms with Crippen LogP contribution in [0.2, 0.25) is 0 Å². The summed E-state index contributed by atoms with van der Waals surface area (Å²) >= 11 is 5.78. The lowest BCUT2D eigenvalue weighted by Gasteiger charge is -2.34. The first-order valence-electron chi connectivity index (χ1n) is 6.14. The number of hydrogen-bond donors (Lipinski definition) is 0. The SMILES string of the molecule is CC1(C)[C@H]2CC[C@]1(C)c1nn(CCCl)cc12. The molecule has 1 fully saturated rings. The lowest BCUT2D eigenvalue weighted by Crippen LogP contribution is -2.32. The number of alkyl halides is 1. The van der Waals surface area contributed by atoms with Gasteiger partial charge in [-0.25, -0.2) is 0 Å². The fourth-order valence-corrected chi connectivity index (χ4v) is 3.96. The van der Waals surface area contributed by atoms with Gasteiger partial charge >= 0.3 is 0 Å². The Kier molecular flexibility index (Phi) is 2.02. The standard InChI is InChI=1S/C13H19ClN2/c1-12(2)10-4-5-13(12,3)11-9(10)8-16(15-11)7-6-14/h8,10H,4-7H2,1-3H3/t10-,13+/m0/s1. The van der Waals surface area contributed by atoms with E-state index in [1.807, 2.05) is 4.68 Å². The molecule has 2 aliphatic rings. The summed E-state index contributed by atoms with van der Waals surface area (Å²) in [6.07, 6.45) is 4.84. The van der Waals surface area contributed by atoms with Crippen LogP contribution in [0.1, 0.15) is 50.8 Å². The zero-order valence-corrected chi connectivity index (χ0v) is 11.0. The maximum atomic E-state index is 5.78. The lowest BCUT2D eigenvalue weighted by atomic mass is 9.70. The van der Waals surface area contributed by atoms with Gasteiger partial charge in [-0.3, -0.25) is 4.68 Å². The molecule has 2 bridgehead atoms. The summed E-state index contributed by atoms with van der Waals surface area (Å²) in [6.45, 7) is 8.02. The molecular weight excluding hydrogens is 220 g/mol. The third kappa shape index (κ3) is 1.02. The first-order valence-corrected chi connectivity index (χ1v) is 6.68. The lowest BCUT2D eigenvalue weighted by molar-refractivity contribution is 0.223. The van der Waals surface area contributed by atoms with Gasteiger partial charge in [-0.15, -0.1) is 11.6 Å². The molecule has 0 spiro atoms. The fraction of sp³-hybridized carbons (Fsp3) is 0.769. The number of hydrogen-bond acceptors (Lipinski definition) is 1. The molecular formula is C13H19ClN2. The van der Waals surface area contributed by atoms with Gasteiger partial charge in [-0.05, 0) is 29.7 Å². The molecule has 0 radical (unpaired) electrons. The second kappa shape index (κ2) is 3.04. The summed E-state index contributed by atoms with van der Waals surface area (Å²) in [7, 11) is 0. The molecule has 1 aromatic heterocycles. The summed E-state index contributed by atoms with van der Waals surface area (Å²) in [5.41, 5.74) is 3.50. The molecule has 0 N–H and O–H groups in total. The third-order valence-corrected chi connectivity index (χ3v) is 5.40. The van der Waals surface area contributed by atoms with Crippen molar-refractivity contribution in [2.45, 2.75) is 51.5 Å². The molecule has 16 heavy (non-hydrogen) atoms. The Morgan fingerprint density at radius 3 is 2.88 bits per heavy atom. The quantitative estimate of drug-likeness (QED) is 0.723. The van der Waals surface area contributed by atoms with Gasteiger partial charge in [-0.2, -0.15) is 5.10 Å². The highest BCUT2D eigenvalue weighted by atomic mass is 35.5. The topological polar surface area (TPSA) is 17.8 Å². The van der Waals surface area contributed by atoms with Crippen molar-refractivity contribution in [2.24, 2.45) is 5.41 Å². The zero-order chi connectivity index (χ0) is 11.6.